The van der Waals surface area contributed by atoms with Crippen molar-refractivity contribution in [2.75, 3.05) is 6.61 Å². The Morgan fingerprint density at radius 2 is 1.96 bits per heavy atom. The van der Waals surface area contributed by atoms with Crippen molar-refractivity contribution in [1.82, 2.24) is 10.3 Å². The summed E-state index contributed by atoms with van der Waals surface area (Å²) in [5.74, 6) is -0.937. The number of ether oxygens (including phenoxy) is 1. The maximum Gasteiger partial charge on any atom is 0.358 e. The molecule has 0 unspecified atom stereocenters. The van der Waals surface area contributed by atoms with Crippen LogP contribution in [0.4, 0.5) is 0 Å². The van der Waals surface area contributed by atoms with Crippen LogP contribution < -0.4 is 5.32 Å². The largest absolute Gasteiger partial charge is 0.451 e. The molecule has 0 aliphatic heterocycles. The third kappa shape index (κ3) is 5.02. The van der Waals surface area contributed by atoms with Crippen LogP contribution in [0.2, 0.25) is 0 Å². The topological polar surface area (TPSA) is 68.3 Å². The van der Waals surface area contributed by atoms with Crippen LogP contribution in [-0.4, -0.2) is 23.5 Å². The number of esters is 1. The smallest absolute Gasteiger partial charge is 0.358 e. The van der Waals surface area contributed by atoms with Crippen LogP contribution in [0, 0.1) is 0 Å². The molecule has 7 heteroatoms. The molecule has 5 nitrogen and oxygen atoms in total. The number of benzene rings is 1. The van der Waals surface area contributed by atoms with Gasteiger partial charge in [0, 0.05) is 5.38 Å². The molecule has 1 N–H and O–H groups in total. The van der Waals surface area contributed by atoms with Crippen LogP contribution in [0.3, 0.4) is 0 Å². The van der Waals surface area contributed by atoms with E-state index in [2.05, 4.69) is 17.2 Å². The molecule has 27 heavy (non-hydrogen) atoms. The zero-order valence-electron chi connectivity index (χ0n) is 15.1. The summed E-state index contributed by atoms with van der Waals surface area (Å²) >= 11 is 2.94. The van der Waals surface area contributed by atoms with Gasteiger partial charge in [0.05, 0.1) is 10.9 Å². The standard InChI is InChI=1S/C20H20N2O3S2/c1-3-14-6-8-15(9-7-14)13(2)21-18(23)11-25-20(24)16-12-27-19(22-16)17-5-4-10-26-17/h4-10,12-13H,3,11H2,1-2H3,(H,21,23)/t13-/m0/s1. The minimum absolute atomic E-state index is 0.160. The number of thiazole rings is 1. The van der Waals surface area contributed by atoms with E-state index in [1.807, 2.05) is 48.7 Å². The van der Waals surface area contributed by atoms with Crippen LogP contribution in [0.25, 0.3) is 9.88 Å². The van der Waals surface area contributed by atoms with Gasteiger partial charge in [-0.2, -0.15) is 0 Å². The summed E-state index contributed by atoms with van der Waals surface area (Å²) in [4.78, 5) is 29.5. The second kappa shape index (κ2) is 8.92. The first-order chi connectivity index (χ1) is 13.1. The van der Waals surface area contributed by atoms with Gasteiger partial charge in [-0.1, -0.05) is 37.3 Å². The quantitative estimate of drug-likeness (QED) is 0.594. The number of aryl methyl sites for hydroxylation is 1. The predicted octanol–water partition coefficient (Wildman–Crippen LogP) is 4.47. The molecule has 140 valence electrons. The average molecular weight is 401 g/mol. The van der Waals surface area contributed by atoms with E-state index in [1.54, 1.807) is 16.7 Å². The van der Waals surface area contributed by atoms with Crippen LogP contribution in [-0.2, 0) is 16.0 Å². The van der Waals surface area contributed by atoms with E-state index in [0.29, 0.717) is 0 Å². The van der Waals surface area contributed by atoms with Gasteiger partial charge in [-0.05, 0) is 35.9 Å². The van der Waals surface area contributed by atoms with E-state index in [0.717, 1.165) is 21.9 Å². The van der Waals surface area contributed by atoms with E-state index < -0.39 is 5.97 Å². The number of carbonyl (C=O) groups is 2. The lowest BCUT2D eigenvalue weighted by Crippen LogP contribution is -2.31. The molecule has 1 atom stereocenters. The van der Waals surface area contributed by atoms with Gasteiger partial charge in [0.2, 0.25) is 0 Å². The highest BCUT2D eigenvalue weighted by molar-refractivity contribution is 7.20. The molecule has 1 amide bonds. The van der Waals surface area contributed by atoms with Crippen molar-refractivity contribution in [2.24, 2.45) is 0 Å². The van der Waals surface area contributed by atoms with Gasteiger partial charge < -0.3 is 10.1 Å². The molecule has 2 heterocycles. The predicted molar refractivity (Wildman–Crippen MR) is 108 cm³/mol. The number of amides is 1. The Hall–Kier alpha value is -2.51. The van der Waals surface area contributed by atoms with Crippen molar-refractivity contribution in [1.29, 1.82) is 0 Å². The van der Waals surface area contributed by atoms with Gasteiger partial charge in [-0.3, -0.25) is 4.79 Å². The van der Waals surface area contributed by atoms with Crippen molar-refractivity contribution in [2.45, 2.75) is 26.3 Å². The van der Waals surface area contributed by atoms with E-state index in [4.69, 9.17) is 4.74 Å². The number of rotatable bonds is 7. The molecule has 0 saturated carbocycles. The molecule has 0 aliphatic rings. The van der Waals surface area contributed by atoms with Crippen molar-refractivity contribution in [3.63, 3.8) is 0 Å². The number of hydrogen-bond donors (Lipinski definition) is 1. The van der Waals surface area contributed by atoms with Crippen molar-refractivity contribution >= 4 is 34.6 Å². The third-order valence-corrected chi connectivity index (χ3v) is 5.93. The fourth-order valence-electron chi connectivity index (χ4n) is 2.49. The Morgan fingerprint density at radius 1 is 1.19 bits per heavy atom. The molecular formula is C20H20N2O3S2. The molecular weight excluding hydrogens is 380 g/mol. The maximum absolute atomic E-state index is 12.1. The lowest BCUT2D eigenvalue weighted by molar-refractivity contribution is -0.124. The number of aromatic nitrogens is 1. The van der Waals surface area contributed by atoms with Crippen LogP contribution in [0.1, 0.15) is 41.5 Å². The maximum atomic E-state index is 12.1. The van der Waals surface area contributed by atoms with Crippen LogP contribution in [0.5, 0.6) is 0 Å². The first kappa shape index (κ1) is 19.3. The van der Waals surface area contributed by atoms with Gasteiger partial charge >= 0.3 is 5.97 Å². The van der Waals surface area contributed by atoms with Gasteiger partial charge in [-0.25, -0.2) is 9.78 Å². The fraction of sp³-hybridized carbons (Fsp3) is 0.250. The zero-order chi connectivity index (χ0) is 19.2. The van der Waals surface area contributed by atoms with Gasteiger partial charge in [0.1, 0.15) is 5.01 Å². The summed E-state index contributed by atoms with van der Waals surface area (Å²) in [6.07, 6.45) is 0.974. The van der Waals surface area contributed by atoms with Crippen LogP contribution in [0.15, 0.2) is 47.2 Å². The minimum Gasteiger partial charge on any atom is -0.451 e. The summed E-state index contributed by atoms with van der Waals surface area (Å²) < 4.78 is 5.09. The number of nitrogens with zero attached hydrogens (tertiary/aromatic N) is 1. The molecule has 3 aromatic rings. The Labute approximate surface area is 166 Å². The normalized spacial score (nSPS) is 11.8. The molecule has 3 rings (SSSR count). The molecule has 0 spiro atoms. The summed E-state index contributed by atoms with van der Waals surface area (Å²) in [5.41, 5.74) is 2.47. The number of thiophene rings is 1. The molecule has 0 aliphatic carbocycles. The summed E-state index contributed by atoms with van der Waals surface area (Å²) in [6.45, 7) is 3.66. The Balaban J connectivity index is 1.50. The Kier molecular flexibility index (Phi) is 6.36. The van der Waals surface area contributed by atoms with Gasteiger partial charge in [0.25, 0.3) is 5.91 Å². The van der Waals surface area contributed by atoms with E-state index in [-0.39, 0.29) is 24.2 Å². The summed E-state index contributed by atoms with van der Waals surface area (Å²) in [6, 6.07) is 11.8. The lowest BCUT2D eigenvalue weighted by Gasteiger charge is -2.14. The SMILES string of the molecule is CCc1ccc([C@H](C)NC(=O)COC(=O)c2csc(-c3cccs3)n2)cc1. The van der Waals surface area contributed by atoms with E-state index >= 15 is 0 Å². The fourth-order valence-corrected chi connectivity index (χ4v) is 4.10. The van der Waals surface area contributed by atoms with Crippen LogP contribution >= 0.6 is 22.7 Å². The first-order valence-electron chi connectivity index (χ1n) is 8.61. The van der Waals surface area contributed by atoms with Gasteiger partial charge in [-0.15, -0.1) is 22.7 Å². The Morgan fingerprint density at radius 3 is 2.63 bits per heavy atom. The first-order valence-corrected chi connectivity index (χ1v) is 10.4. The molecule has 0 fully saturated rings. The number of carbonyl (C=O) groups excluding carboxylic acids is 2. The molecule has 0 bridgehead atoms. The summed E-state index contributed by atoms with van der Waals surface area (Å²) in [5, 5.41) is 7.21. The second-order valence-corrected chi connectivity index (χ2v) is 7.78. The summed E-state index contributed by atoms with van der Waals surface area (Å²) in [7, 11) is 0. The van der Waals surface area contributed by atoms with Crippen molar-refractivity contribution in [3.05, 3.63) is 64.0 Å². The molecule has 1 aromatic carbocycles. The minimum atomic E-state index is -0.593. The molecule has 2 aromatic heterocycles. The Bertz CT molecular complexity index is 902. The number of nitrogens with one attached hydrogen (secondary N) is 1. The average Bonchev–Trinajstić information content (AvgIpc) is 3.37. The zero-order valence-corrected chi connectivity index (χ0v) is 16.7. The van der Waals surface area contributed by atoms with E-state index in [9.17, 15) is 9.59 Å². The molecule has 0 saturated heterocycles. The van der Waals surface area contributed by atoms with Gasteiger partial charge in [0.15, 0.2) is 12.3 Å². The highest BCUT2D eigenvalue weighted by atomic mass is 32.1. The second-order valence-electron chi connectivity index (χ2n) is 5.98. The monoisotopic (exact) mass is 400 g/mol. The van der Waals surface area contributed by atoms with Crippen molar-refractivity contribution < 1.29 is 14.3 Å². The third-order valence-electron chi connectivity index (χ3n) is 4.05. The van der Waals surface area contributed by atoms with E-state index in [1.165, 1.54) is 16.9 Å². The lowest BCUT2D eigenvalue weighted by atomic mass is 10.1. The molecule has 0 radical (unpaired) electrons. The highest BCUT2D eigenvalue weighted by Crippen LogP contribution is 2.27. The highest BCUT2D eigenvalue weighted by Gasteiger charge is 2.16. The number of hydrogen-bond acceptors (Lipinski definition) is 6. The van der Waals surface area contributed by atoms with Crippen molar-refractivity contribution in [3.8, 4) is 9.88 Å².